The van der Waals surface area contributed by atoms with E-state index in [4.69, 9.17) is 0 Å². The summed E-state index contributed by atoms with van der Waals surface area (Å²) in [6, 6.07) is 29.6. The average molecular weight is 498 g/mol. The van der Waals surface area contributed by atoms with Gasteiger partial charge in [-0.3, -0.25) is 9.69 Å². The van der Waals surface area contributed by atoms with Gasteiger partial charge < -0.3 is 9.47 Å². The minimum Gasteiger partial charge on any atom is -0.339 e. The van der Waals surface area contributed by atoms with Crippen LogP contribution in [0, 0.1) is 6.92 Å². The van der Waals surface area contributed by atoms with Crippen LogP contribution < -0.4 is 0 Å². The van der Waals surface area contributed by atoms with Crippen LogP contribution >= 0.6 is 11.8 Å². The first-order valence-electron chi connectivity index (χ1n) is 12.3. The van der Waals surface area contributed by atoms with Crippen LogP contribution in [0.1, 0.15) is 22.7 Å². The molecule has 184 valence electrons. The third kappa shape index (κ3) is 5.22. The Morgan fingerprint density at radius 1 is 0.833 bits per heavy atom. The highest BCUT2D eigenvalue weighted by molar-refractivity contribution is 7.99. The summed E-state index contributed by atoms with van der Waals surface area (Å²) in [7, 11) is 1.96. The largest absolute Gasteiger partial charge is 0.339 e. The number of aryl methyl sites for hydroxylation is 1. The van der Waals surface area contributed by atoms with Crippen LogP contribution in [0.15, 0.2) is 90.1 Å². The quantitative estimate of drug-likeness (QED) is 0.343. The Morgan fingerprint density at radius 2 is 1.42 bits per heavy atom. The second-order valence-electron chi connectivity index (χ2n) is 9.11. The van der Waals surface area contributed by atoms with E-state index in [1.165, 1.54) is 22.9 Å². The molecule has 7 heteroatoms. The zero-order valence-corrected chi connectivity index (χ0v) is 21.6. The van der Waals surface area contributed by atoms with Crippen molar-refractivity contribution in [2.75, 3.05) is 31.9 Å². The van der Waals surface area contributed by atoms with E-state index >= 15 is 0 Å². The number of amides is 1. The molecule has 0 atom stereocenters. The zero-order chi connectivity index (χ0) is 24.9. The van der Waals surface area contributed by atoms with Crippen LogP contribution in [0.5, 0.6) is 0 Å². The molecule has 2 heterocycles. The maximum Gasteiger partial charge on any atom is 0.233 e. The highest BCUT2D eigenvalue weighted by Crippen LogP contribution is 2.30. The van der Waals surface area contributed by atoms with Gasteiger partial charge in [-0.05, 0) is 23.6 Å². The standard InChI is InChI=1S/C29H31N5OS/c1-22-11-9-10-16-25(22)28-30-31-29(32(28)2)36-21-26(35)33-17-19-34(20-18-33)27(23-12-5-3-6-13-23)24-14-7-4-8-15-24/h3-16,27H,17-21H2,1-2H3. The number of carbonyl (C=O) groups is 1. The molecule has 3 aromatic carbocycles. The number of hydrogen-bond donors (Lipinski definition) is 0. The Hall–Kier alpha value is -3.42. The summed E-state index contributed by atoms with van der Waals surface area (Å²) in [5.74, 6) is 1.33. The number of piperazine rings is 1. The van der Waals surface area contributed by atoms with Gasteiger partial charge in [-0.25, -0.2) is 0 Å². The second-order valence-corrected chi connectivity index (χ2v) is 10.1. The van der Waals surface area contributed by atoms with Gasteiger partial charge in [-0.1, -0.05) is 96.7 Å². The normalized spacial score (nSPS) is 14.4. The lowest BCUT2D eigenvalue weighted by Crippen LogP contribution is -2.50. The monoisotopic (exact) mass is 497 g/mol. The number of thioether (sulfide) groups is 1. The zero-order valence-electron chi connectivity index (χ0n) is 20.7. The summed E-state index contributed by atoms with van der Waals surface area (Å²) in [4.78, 5) is 17.5. The Labute approximate surface area is 217 Å². The molecular formula is C29H31N5OS. The lowest BCUT2D eigenvalue weighted by molar-refractivity contribution is -0.130. The molecule has 0 N–H and O–H groups in total. The first-order valence-corrected chi connectivity index (χ1v) is 13.3. The molecule has 0 aliphatic carbocycles. The molecule has 1 saturated heterocycles. The molecule has 1 aromatic heterocycles. The van der Waals surface area contributed by atoms with Gasteiger partial charge in [0, 0.05) is 38.8 Å². The van der Waals surface area contributed by atoms with E-state index in [2.05, 4.69) is 94.8 Å². The topological polar surface area (TPSA) is 54.3 Å². The lowest BCUT2D eigenvalue weighted by atomic mass is 9.96. The molecule has 0 saturated carbocycles. The molecule has 1 aliphatic rings. The number of benzene rings is 3. The lowest BCUT2D eigenvalue weighted by Gasteiger charge is -2.39. The fraction of sp³-hybridized carbons (Fsp3) is 0.276. The Balaban J connectivity index is 1.21. The molecule has 36 heavy (non-hydrogen) atoms. The summed E-state index contributed by atoms with van der Waals surface area (Å²) in [6.45, 7) is 5.20. The van der Waals surface area contributed by atoms with Gasteiger partial charge in [-0.15, -0.1) is 10.2 Å². The first-order chi connectivity index (χ1) is 17.6. The van der Waals surface area contributed by atoms with Crippen molar-refractivity contribution in [2.45, 2.75) is 18.1 Å². The van der Waals surface area contributed by atoms with Gasteiger partial charge in [0.25, 0.3) is 0 Å². The van der Waals surface area contributed by atoms with E-state index in [1.807, 2.05) is 28.6 Å². The molecule has 4 aromatic rings. The van der Waals surface area contributed by atoms with Crippen LogP contribution in [-0.2, 0) is 11.8 Å². The minimum absolute atomic E-state index is 0.149. The van der Waals surface area contributed by atoms with Gasteiger partial charge in [0.2, 0.25) is 5.91 Å². The van der Waals surface area contributed by atoms with E-state index in [9.17, 15) is 4.79 Å². The summed E-state index contributed by atoms with van der Waals surface area (Å²) >= 11 is 1.46. The smallest absolute Gasteiger partial charge is 0.233 e. The van der Waals surface area contributed by atoms with Crippen molar-refractivity contribution < 1.29 is 4.79 Å². The molecular weight excluding hydrogens is 466 g/mol. The highest BCUT2D eigenvalue weighted by atomic mass is 32.2. The Kier molecular flexibility index (Phi) is 7.49. The van der Waals surface area contributed by atoms with E-state index in [-0.39, 0.29) is 11.9 Å². The molecule has 0 radical (unpaired) electrons. The minimum atomic E-state index is 0.149. The third-order valence-corrected chi connectivity index (χ3v) is 7.81. The fourth-order valence-electron chi connectivity index (χ4n) is 4.83. The number of nitrogens with zero attached hydrogens (tertiary/aromatic N) is 5. The predicted molar refractivity (Wildman–Crippen MR) is 145 cm³/mol. The van der Waals surface area contributed by atoms with E-state index in [1.54, 1.807) is 0 Å². The van der Waals surface area contributed by atoms with Crippen molar-refractivity contribution in [3.63, 3.8) is 0 Å². The van der Waals surface area contributed by atoms with Gasteiger partial charge in [0.15, 0.2) is 11.0 Å². The van der Waals surface area contributed by atoms with Crippen LogP contribution in [0.2, 0.25) is 0 Å². The van der Waals surface area contributed by atoms with Crippen molar-refractivity contribution in [2.24, 2.45) is 7.05 Å². The van der Waals surface area contributed by atoms with Crippen LogP contribution in [0.4, 0.5) is 0 Å². The van der Waals surface area contributed by atoms with Gasteiger partial charge in [-0.2, -0.15) is 0 Å². The molecule has 0 unspecified atom stereocenters. The molecule has 0 bridgehead atoms. The number of carbonyl (C=O) groups excluding carboxylic acids is 1. The average Bonchev–Trinajstić information content (AvgIpc) is 3.29. The van der Waals surface area contributed by atoms with Crippen molar-refractivity contribution >= 4 is 17.7 Å². The molecule has 1 fully saturated rings. The van der Waals surface area contributed by atoms with Crippen molar-refractivity contribution in [3.05, 3.63) is 102 Å². The van der Waals surface area contributed by atoms with E-state index in [0.717, 1.165) is 48.3 Å². The van der Waals surface area contributed by atoms with Gasteiger partial charge in [0.1, 0.15) is 0 Å². The summed E-state index contributed by atoms with van der Waals surface area (Å²) in [5, 5.41) is 9.49. The molecule has 5 rings (SSSR count). The van der Waals surface area contributed by atoms with Crippen molar-refractivity contribution in [1.82, 2.24) is 24.6 Å². The fourth-order valence-corrected chi connectivity index (χ4v) is 5.64. The van der Waals surface area contributed by atoms with E-state index < -0.39 is 0 Å². The third-order valence-electron chi connectivity index (χ3n) is 6.81. The van der Waals surface area contributed by atoms with Crippen LogP contribution in [0.25, 0.3) is 11.4 Å². The van der Waals surface area contributed by atoms with Crippen LogP contribution in [-0.4, -0.2) is 62.4 Å². The molecule has 6 nitrogen and oxygen atoms in total. The predicted octanol–water partition coefficient (Wildman–Crippen LogP) is 4.82. The van der Waals surface area contributed by atoms with Gasteiger partial charge in [0.05, 0.1) is 11.8 Å². The number of aromatic nitrogens is 3. The number of hydrogen-bond acceptors (Lipinski definition) is 5. The summed E-state index contributed by atoms with van der Waals surface area (Å²) in [5.41, 5.74) is 4.78. The summed E-state index contributed by atoms with van der Waals surface area (Å²) in [6.07, 6.45) is 0. The van der Waals surface area contributed by atoms with Crippen molar-refractivity contribution in [3.8, 4) is 11.4 Å². The maximum atomic E-state index is 13.1. The van der Waals surface area contributed by atoms with Gasteiger partial charge >= 0.3 is 0 Å². The van der Waals surface area contributed by atoms with Crippen molar-refractivity contribution in [1.29, 1.82) is 0 Å². The molecule has 1 amide bonds. The highest BCUT2D eigenvalue weighted by Gasteiger charge is 2.28. The second kappa shape index (κ2) is 11.1. The summed E-state index contributed by atoms with van der Waals surface area (Å²) < 4.78 is 1.97. The molecule has 1 aliphatic heterocycles. The SMILES string of the molecule is Cc1ccccc1-c1nnc(SCC(=O)N2CCN(C(c3ccccc3)c3ccccc3)CC2)n1C. The maximum absolute atomic E-state index is 13.1. The van der Waals surface area contributed by atoms with E-state index in [0.29, 0.717) is 5.75 Å². The first kappa shape index (κ1) is 24.3. The molecule has 0 spiro atoms. The Bertz CT molecular complexity index is 1260. The van der Waals surface area contributed by atoms with Crippen LogP contribution in [0.3, 0.4) is 0 Å². The number of rotatable bonds is 7. The Morgan fingerprint density at radius 3 is 2.03 bits per heavy atom.